The maximum atomic E-state index is 11.7. The van der Waals surface area contributed by atoms with Crippen LogP contribution in [0.4, 0.5) is 0 Å². The maximum Gasteiger partial charge on any atom is 0.222 e. The number of aliphatic hydroxyl groups is 2. The van der Waals surface area contributed by atoms with E-state index in [-0.39, 0.29) is 23.6 Å². The fourth-order valence-electron chi connectivity index (χ4n) is 2.05. The number of hydrogen-bond donors (Lipinski definition) is 2. The molecule has 1 rings (SSSR count). The van der Waals surface area contributed by atoms with Gasteiger partial charge in [0, 0.05) is 11.0 Å². The van der Waals surface area contributed by atoms with Gasteiger partial charge in [0.1, 0.15) is 0 Å². The number of carbonyl (C=O) groups excluding carboxylic acids is 1. The molecule has 0 atom stereocenters. The largest absolute Gasteiger partial charge is 0.504 e. The second-order valence-corrected chi connectivity index (χ2v) is 5.08. The van der Waals surface area contributed by atoms with Gasteiger partial charge in [-0.05, 0) is 25.5 Å². The van der Waals surface area contributed by atoms with Gasteiger partial charge in [-0.15, -0.1) is 0 Å². The summed E-state index contributed by atoms with van der Waals surface area (Å²) in [5, 5.41) is 18.4. The SMILES string of the molecule is CC(C=CC1=C(C)C(=O)C(O)=CC1(C)C)=CCO. The summed E-state index contributed by atoms with van der Waals surface area (Å²) in [6.45, 7) is 7.50. The molecular weight excluding hydrogens is 228 g/mol. The predicted molar refractivity (Wildman–Crippen MR) is 72.2 cm³/mol. The zero-order valence-corrected chi connectivity index (χ0v) is 11.3. The summed E-state index contributed by atoms with van der Waals surface area (Å²) in [4.78, 5) is 11.7. The average Bonchev–Trinajstić information content (AvgIpc) is 2.25. The molecule has 0 spiro atoms. The van der Waals surface area contributed by atoms with Crippen molar-refractivity contribution < 1.29 is 15.0 Å². The zero-order chi connectivity index (χ0) is 13.9. The van der Waals surface area contributed by atoms with Crippen molar-refractivity contribution in [3.8, 4) is 0 Å². The summed E-state index contributed by atoms with van der Waals surface area (Å²) in [6, 6.07) is 0. The summed E-state index contributed by atoms with van der Waals surface area (Å²) in [6.07, 6.45) is 7.00. The molecule has 2 N–H and O–H groups in total. The van der Waals surface area contributed by atoms with Gasteiger partial charge in [-0.25, -0.2) is 0 Å². The number of hydrogen-bond acceptors (Lipinski definition) is 3. The Kier molecular flexibility index (Phi) is 4.30. The van der Waals surface area contributed by atoms with Crippen molar-refractivity contribution >= 4 is 5.78 Å². The second kappa shape index (κ2) is 5.36. The van der Waals surface area contributed by atoms with Gasteiger partial charge in [-0.2, -0.15) is 0 Å². The number of Topliss-reactive ketones (excluding diaryl/α,β-unsaturated/α-hetero) is 1. The molecule has 18 heavy (non-hydrogen) atoms. The van der Waals surface area contributed by atoms with Crippen molar-refractivity contribution in [3.63, 3.8) is 0 Å². The molecule has 0 aromatic carbocycles. The van der Waals surface area contributed by atoms with E-state index in [9.17, 15) is 9.90 Å². The zero-order valence-electron chi connectivity index (χ0n) is 11.3. The Hall–Kier alpha value is -1.61. The average molecular weight is 248 g/mol. The first-order valence-corrected chi connectivity index (χ1v) is 5.93. The second-order valence-electron chi connectivity index (χ2n) is 5.08. The van der Waals surface area contributed by atoms with Crippen molar-refractivity contribution in [1.82, 2.24) is 0 Å². The molecule has 1 aliphatic rings. The lowest BCUT2D eigenvalue weighted by atomic mass is 9.76. The minimum absolute atomic E-state index is 0.00276. The molecule has 98 valence electrons. The van der Waals surface area contributed by atoms with Crippen molar-refractivity contribution in [2.45, 2.75) is 27.7 Å². The van der Waals surface area contributed by atoms with Crippen molar-refractivity contribution in [2.75, 3.05) is 6.61 Å². The molecule has 0 aromatic rings. The van der Waals surface area contributed by atoms with E-state index >= 15 is 0 Å². The van der Waals surface area contributed by atoms with Gasteiger partial charge in [-0.1, -0.05) is 37.6 Å². The molecule has 0 fully saturated rings. The van der Waals surface area contributed by atoms with Gasteiger partial charge in [0.25, 0.3) is 0 Å². The van der Waals surface area contributed by atoms with Crippen molar-refractivity contribution in [1.29, 1.82) is 0 Å². The van der Waals surface area contributed by atoms with Crippen LogP contribution in [0.2, 0.25) is 0 Å². The van der Waals surface area contributed by atoms with Gasteiger partial charge in [-0.3, -0.25) is 4.79 Å². The van der Waals surface area contributed by atoms with Crippen LogP contribution in [0, 0.1) is 5.41 Å². The summed E-state index contributed by atoms with van der Waals surface area (Å²) in [5.74, 6) is -0.505. The molecule has 1 aliphatic carbocycles. The van der Waals surface area contributed by atoms with Crippen LogP contribution >= 0.6 is 0 Å². The predicted octanol–water partition coefficient (Wildman–Crippen LogP) is 2.85. The first-order valence-electron chi connectivity index (χ1n) is 5.93. The van der Waals surface area contributed by atoms with E-state index in [0.29, 0.717) is 5.57 Å². The standard InChI is InChI=1S/C15H20O3/c1-10(7-8-16)5-6-12-11(2)14(18)13(17)9-15(12,3)4/h5-7,9,16-17H,8H2,1-4H3. The molecule has 0 aromatic heterocycles. The molecule has 0 aliphatic heterocycles. The quantitative estimate of drug-likeness (QED) is 0.755. The smallest absolute Gasteiger partial charge is 0.222 e. The van der Waals surface area contributed by atoms with Crippen molar-refractivity contribution in [3.05, 3.63) is 46.8 Å². The van der Waals surface area contributed by atoms with E-state index in [1.807, 2.05) is 32.9 Å². The van der Waals surface area contributed by atoms with Gasteiger partial charge >= 0.3 is 0 Å². The summed E-state index contributed by atoms with van der Waals surface area (Å²) in [5.41, 5.74) is 2.00. The maximum absolute atomic E-state index is 11.7. The van der Waals surface area contributed by atoms with E-state index in [1.165, 1.54) is 0 Å². The highest BCUT2D eigenvalue weighted by Crippen LogP contribution is 2.37. The third-order valence-electron chi connectivity index (χ3n) is 3.10. The lowest BCUT2D eigenvalue weighted by molar-refractivity contribution is -0.114. The molecule has 0 saturated heterocycles. The Labute approximate surface area is 108 Å². The Balaban J connectivity index is 3.14. The first-order chi connectivity index (χ1) is 8.29. The highest BCUT2D eigenvalue weighted by Gasteiger charge is 2.30. The molecule has 0 unspecified atom stereocenters. The fraction of sp³-hybridized carbons (Fsp3) is 0.400. The normalized spacial score (nSPS) is 20.6. The summed E-state index contributed by atoms with van der Waals surface area (Å²) in [7, 11) is 0. The minimum Gasteiger partial charge on any atom is -0.504 e. The lowest BCUT2D eigenvalue weighted by Crippen LogP contribution is -2.23. The van der Waals surface area contributed by atoms with Gasteiger partial charge in [0.2, 0.25) is 5.78 Å². The highest BCUT2D eigenvalue weighted by atomic mass is 16.3. The van der Waals surface area contributed by atoms with E-state index in [4.69, 9.17) is 5.11 Å². The van der Waals surface area contributed by atoms with Crippen molar-refractivity contribution in [2.24, 2.45) is 5.41 Å². The van der Waals surface area contributed by atoms with E-state index in [1.54, 1.807) is 19.1 Å². The van der Waals surface area contributed by atoms with Crippen LogP contribution < -0.4 is 0 Å². The van der Waals surface area contributed by atoms with E-state index < -0.39 is 0 Å². The van der Waals surface area contributed by atoms with Crippen LogP contribution in [0.3, 0.4) is 0 Å². The summed E-state index contributed by atoms with van der Waals surface area (Å²) < 4.78 is 0. The molecule has 0 radical (unpaired) electrons. The third kappa shape index (κ3) is 2.99. The van der Waals surface area contributed by atoms with E-state index in [0.717, 1.165) is 11.1 Å². The molecule has 3 heteroatoms. The Morgan fingerprint density at radius 3 is 2.61 bits per heavy atom. The van der Waals surface area contributed by atoms with Crippen LogP contribution in [0.25, 0.3) is 0 Å². The third-order valence-corrected chi connectivity index (χ3v) is 3.10. The summed E-state index contributed by atoms with van der Waals surface area (Å²) >= 11 is 0. The van der Waals surface area contributed by atoms with Gasteiger partial charge in [0.15, 0.2) is 5.76 Å². The van der Waals surface area contributed by atoms with Crippen LogP contribution in [0.1, 0.15) is 27.7 Å². The Morgan fingerprint density at radius 1 is 1.44 bits per heavy atom. The number of ketones is 1. The molecule has 0 bridgehead atoms. The fourth-order valence-corrected chi connectivity index (χ4v) is 2.05. The monoisotopic (exact) mass is 248 g/mol. The molecule has 0 heterocycles. The number of aliphatic hydroxyl groups excluding tert-OH is 2. The lowest BCUT2D eigenvalue weighted by Gasteiger charge is -2.28. The minimum atomic E-state index is -0.377. The van der Waals surface area contributed by atoms with Crippen LogP contribution in [0.15, 0.2) is 46.8 Å². The topological polar surface area (TPSA) is 57.5 Å². The van der Waals surface area contributed by atoms with E-state index in [2.05, 4.69) is 0 Å². The van der Waals surface area contributed by atoms with Crippen LogP contribution in [0.5, 0.6) is 0 Å². The molecule has 3 nitrogen and oxygen atoms in total. The number of carbonyl (C=O) groups is 1. The number of allylic oxidation sites excluding steroid dienone is 6. The van der Waals surface area contributed by atoms with Gasteiger partial charge in [0.05, 0.1) is 6.61 Å². The first kappa shape index (κ1) is 14.5. The van der Waals surface area contributed by atoms with Crippen LogP contribution in [-0.2, 0) is 4.79 Å². The highest BCUT2D eigenvalue weighted by molar-refractivity contribution is 6.08. The van der Waals surface area contributed by atoms with Gasteiger partial charge < -0.3 is 10.2 Å². The van der Waals surface area contributed by atoms with Crippen LogP contribution in [-0.4, -0.2) is 22.6 Å². The molecule has 0 amide bonds. The number of rotatable bonds is 3. The molecular formula is C15H20O3. The molecule has 0 saturated carbocycles. The Bertz CT molecular complexity index is 474. The Morgan fingerprint density at radius 2 is 2.06 bits per heavy atom.